The van der Waals surface area contributed by atoms with Gasteiger partial charge in [-0.15, -0.1) is 11.3 Å². The van der Waals surface area contributed by atoms with Crippen molar-refractivity contribution in [2.24, 2.45) is 5.92 Å². The average Bonchev–Trinajstić information content (AvgIpc) is 2.67. The maximum atomic E-state index is 4.41. The summed E-state index contributed by atoms with van der Waals surface area (Å²) in [5, 5.41) is 1.34. The molecular formula is C13H16N2S. The SMILES string of the molecule is CCC1CCc2c(sc3ncnc(C)c23)C1. The van der Waals surface area contributed by atoms with Crippen molar-refractivity contribution in [2.75, 3.05) is 0 Å². The zero-order valence-corrected chi connectivity index (χ0v) is 10.6. The van der Waals surface area contributed by atoms with Gasteiger partial charge in [-0.05, 0) is 37.7 Å². The van der Waals surface area contributed by atoms with Gasteiger partial charge in [0.25, 0.3) is 0 Å². The Morgan fingerprint density at radius 3 is 3.12 bits per heavy atom. The summed E-state index contributed by atoms with van der Waals surface area (Å²) in [7, 11) is 0. The molecule has 0 fully saturated rings. The van der Waals surface area contributed by atoms with Gasteiger partial charge >= 0.3 is 0 Å². The van der Waals surface area contributed by atoms with Crippen molar-refractivity contribution in [3.63, 3.8) is 0 Å². The van der Waals surface area contributed by atoms with Crippen LogP contribution in [0.15, 0.2) is 6.33 Å². The fraction of sp³-hybridized carbons (Fsp3) is 0.538. The fourth-order valence-electron chi connectivity index (χ4n) is 2.68. The molecule has 0 saturated carbocycles. The summed E-state index contributed by atoms with van der Waals surface area (Å²) in [5.74, 6) is 0.883. The van der Waals surface area contributed by atoms with Crippen molar-refractivity contribution >= 4 is 21.6 Å². The normalized spacial score (nSPS) is 20.0. The summed E-state index contributed by atoms with van der Waals surface area (Å²) in [6, 6.07) is 0. The average molecular weight is 232 g/mol. The first-order chi connectivity index (χ1) is 7.79. The third kappa shape index (κ3) is 1.46. The minimum atomic E-state index is 0.883. The van der Waals surface area contributed by atoms with Crippen molar-refractivity contribution in [3.8, 4) is 0 Å². The first kappa shape index (κ1) is 10.2. The Bertz CT molecular complexity index is 530. The van der Waals surface area contributed by atoms with E-state index >= 15 is 0 Å². The number of nitrogens with zero attached hydrogens (tertiary/aromatic N) is 2. The van der Waals surface area contributed by atoms with E-state index in [0.717, 1.165) is 11.6 Å². The molecule has 3 heteroatoms. The van der Waals surface area contributed by atoms with Crippen LogP contribution in [0.2, 0.25) is 0 Å². The Morgan fingerprint density at radius 2 is 2.31 bits per heavy atom. The van der Waals surface area contributed by atoms with Crippen LogP contribution in [0.4, 0.5) is 0 Å². The second kappa shape index (κ2) is 3.81. The molecule has 1 aliphatic rings. The van der Waals surface area contributed by atoms with Gasteiger partial charge in [-0.25, -0.2) is 9.97 Å². The predicted octanol–water partition coefficient (Wildman–Crippen LogP) is 3.51. The van der Waals surface area contributed by atoms with E-state index in [-0.39, 0.29) is 0 Å². The van der Waals surface area contributed by atoms with Gasteiger partial charge in [-0.3, -0.25) is 0 Å². The Labute approximate surface area is 99.7 Å². The van der Waals surface area contributed by atoms with Gasteiger partial charge in [0.1, 0.15) is 11.2 Å². The number of aromatic nitrogens is 2. The Kier molecular flexibility index (Phi) is 2.43. The van der Waals surface area contributed by atoms with Crippen LogP contribution in [0.1, 0.15) is 35.9 Å². The van der Waals surface area contributed by atoms with E-state index in [0.29, 0.717) is 0 Å². The van der Waals surface area contributed by atoms with Gasteiger partial charge in [0.15, 0.2) is 0 Å². The lowest BCUT2D eigenvalue weighted by Gasteiger charge is -2.20. The largest absolute Gasteiger partial charge is 0.241 e. The second-order valence-corrected chi connectivity index (χ2v) is 5.74. The Balaban J connectivity index is 2.17. The molecule has 0 aromatic carbocycles. The molecule has 0 aliphatic heterocycles. The van der Waals surface area contributed by atoms with Gasteiger partial charge in [0.05, 0.1) is 0 Å². The summed E-state index contributed by atoms with van der Waals surface area (Å²) >= 11 is 1.88. The molecule has 1 aliphatic carbocycles. The number of rotatable bonds is 1. The summed E-state index contributed by atoms with van der Waals surface area (Å²) in [6.45, 7) is 4.40. The molecule has 0 saturated heterocycles. The molecule has 0 radical (unpaired) electrons. The van der Waals surface area contributed by atoms with Gasteiger partial charge in [-0.2, -0.15) is 0 Å². The minimum Gasteiger partial charge on any atom is -0.241 e. The summed E-state index contributed by atoms with van der Waals surface area (Å²) in [4.78, 5) is 11.5. The molecule has 2 aromatic heterocycles. The van der Waals surface area contributed by atoms with Gasteiger partial charge in [0.2, 0.25) is 0 Å². The van der Waals surface area contributed by atoms with E-state index in [2.05, 4.69) is 23.8 Å². The zero-order chi connectivity index (χ0) is 11.1. The number of thiophene rings is 1. The van der Waals surface area contributed by atoms with Crippen LogP contribution in [0.5, 0.6) is 0 Å². The van der Waals surface area contributed by atoms with Crippen molar-refractivity contribution in [1.82, 2.24) is 9.97 Å². The molecule has 0 spiro atoms. The molecule has 3 rings (SSSR count). The highest BCUT2D eigenvalue weighted by Gasteiger charge is 2.23. The lowest BCUT2D eigenvalue weighted by molar-refractivity contribution is 0.451. The molecule has 2 nitrogen and oxygen atoms in total. The summed E-state index contributed by atoms with van der Waals surface area (Å²) in [5.41, 5.74) is 2.69. The number of hydrogen-bond acceptors (Lipinski definition) is 3. The van der Waals surface area contributed by atoms with Crippen LogP contribution >= 0.6 is 11.3 Å². The first-order valence-corrected chi connectivity index (χ1v) is 6.83. The topological polar surface area (TPSA) is 25.8 Å². The molecule has 0 N–H and O–H groups in total. The molecule has 0 amide bonds. The quantitative estimate of drug-likeness (QED) is 0.752. The van der Waals surface area contributed by atoms with Crippen molar-refractivity contribution < 1.29 is 0 Å². The fourth-order valence-corrected chi connectivity index (χ4v) is 4.04. The highest BCUT2D eigenvalue weighted by molar-refractivity contribution is 7.18. The number of fused-ring (bicyclic) bond motifs is 3. The highest BCUT2D eigenvalue weighted by Crippen LogP contribution is 2.38. The van der Waals surface area contributed by atoms with E-state index in [1.165, 1.54) is 35.9 Å². The third-order valence-electron chi connectivity index (χ3n) is 3.71. The molecule has 84 valence electrons. The lowest BCUT2D eigenvalue weighted by Crippen LogP contribution is -2.11. The third-order valence-corrected chi connectivity index (χ3v) is 4.88. The van der Waals surface area contributed by atoms with Crippen molar-refractivity contribution in [2.45, 2.75) is 39.5 Å². The van der Waals surface area contributed by atoms with Gasteiger partial charge < -0.3 is 0 Å². The van der Waals surface area contributed by atoms with Crippen LogP contribution in [-0.2, 0) is 12.8 Å². The standard InChI is InChI=1S/C13H16N2S/c1-3-9-4-5-10-11(6-9)16-13-12(10)8(2)14-7-15-13/h7,9H,3-6H2,1-2H3. The lowest BCUT2D eigenvalue weighted by atomic mass is 9.86. The van der Waals surface area contributed by atoms with Crippen molar-refractivity contribution in [3.05, 3.63) is 22.5 Å². The molecule has 0 bridgehead atoms. The Morgan fingerprint density at radius 1 is 1.44 bits per heavy atom. The van der Waals surface area contributed by atoms with E-state index in [1.54, 1.807) is 16.8 Å². The van der Waals surface area contributed by atoms with Crippen LogP contribution in [0.3, 0.4) is 0 Å². The summed E-state index contributed by atoms with van der Waals surface area (Å²) < 4.78 is 0. The highest BCUT2D eigenvalue weighted by atomic mass is 32.1. The van der Waals surface area contributed by atoms with E-state index in [4.69, 9.17) is 0 Å². The Hall–Kier alpha value is -0.960. The van der Waals surface area contributed by atoms with Gasteiger partial charge in [-0.1, -0.05) is 13.3 Å². The second-order valence-electron chi connectivity index (χ2n) is 4.66. The maximum absolute atomic E-state index is 4.41. The van der Waals surface area contributed by atoms with Crippen LogP contribution < -0.4 is 0 Å². The predicted molar refractivity (Wildman–Crippen MR) is 68.0 cm³/mol. The zero-order valence-electron chi connectivity index (χ0n) is 9.79. The first-order valence-electron chi connectivity index (χ1n) is 6.01. The molecule has 1 unspecified atom stereocenters. The minimum absolute atomic E-state index is 0.883. The van der Waals surface area contributed by atoms with Gasteiger partial charge in [0, 0.05) is 16.0 Å². The molecule has 2 aromatic rings. The smallest absolute Gasteiger partial charge is 0.127 e. The van der Waals surface area contributed by atoms with Crippen LogP contribution in [-0.4, -0.2) is 9.97 Å². The molecular weight excluding hydrogens is 216 g/mol. The molecule has 2 heterocycles. The van der Waals surface area contributed by atoms with E-state index < -0.39 is 0 Å². The van der Waals surface area contributed by atoms with Crippen molar-refractivity contribution in [1.29, 1.82) is 0 Å². The van der Waals surface area contributed by atoms with E-state index in [9.17, 15) is 0 Å². The van der Waals surface area contributed by atoms with Crippen LogP contribution in [0.25, 0.3) is 10.2 Å². The number of aryl methyl sites for hydroxylation is 2. The summed E-state index contributed by atoms with van der Waals surface area (Å²) in [6.07, 6.45) is 6.81. The molecule has 16 heavy (non-hydrogen) atoms. The maximum Gasteiger partial charge on any atom is 0.127 e. The van der Waals surface area contributed by atoms with Crippen LogP contribution in [0, 0.1) is 12.8 Å². The number of hydrogen-bond donors (Lipinski definition) is 0. The monoisotopic (exact) mass is 232 g/mol. The molecule has 1 atom stereocenters. The van der Waals surface area contributed by atoms with E-state index in [1.807, 2.05) is 11.3 Å².